The average molecular weight is 385 g/mol. The molecule has 142 valence electrons. The molecule has 0 fully saturated rings. The quantitative estimate of drug-likeness (QED) is 0.647. The number of aryl methyl sites for hydroxylation is 2. The lowest BCUT2D eigenvalue weighted by Gasteiger charge is -2.13. The van der Waals surface area contributed by atoms with Crippen molar-refractivity contribution in [1.29, 1.82) is 0 Å². The van der Waals surface area contributed by atoms with Gasteiger partial charge in [0.1, 0.15) is 10.6 Å². The summed E-state index contributed by atoms with van der Waals surface area (Å²) in [4.78, 5) is 12.9. The summed E-state index contributed by atoms with van der Waals surface area (Å²) in [6.07, 6.45) is 2.22. The third-order valence-electron chi connectivity index (χ3n) is 4.60. The second kappa shape index (κ2) is 7.56. The van der Waals surface area contributed by atoms with Crippen LogP contribution in [0.25, 0.3) is 10.9 Å². The van der Waals surface area contributed by atoms with Crippen LogP contribution in [0.3, 0.4) is 0 Å². The van der Waals surface area contributed by atoms with Gasteiger partial charge in [-0.1, -0.05) is 13.0 Å². The monoisotopic (exact) mass is 385 g/mol. The van der Waals surface area contributed by atoms with Gasteiger partial charge in [-0.25, -0.2) is 8.42 Å². The Morgan fingerprint density at radius 1 is 1.00 bits per heavy atom. The van der Waals surface area contributed by atoms with Gasteiger partial charge < -0.3 is 9.30 Å². The molecule has 2 aromatic carbocycles. The van der Waals surface area contributed by atoms with Crippen molar-refractivity contribution >= 4 is 20.7 Å². The fraction of sp³-hybridized carbons (Fsp3) is 0.286. The molecule has 6 heteroatoms. The molecule has 0 radical (unpaired) electrons. The number of nitrogens with zero attached hydrogens (tertiary/aromatic N) is 1. The Balaban J connectivity index is 2.23. The van der Waals surface area contributed by atoms with E-state index in [2.05, 4.69) is 0 Å². The first kappa shape index (κ1) is 19.2. The van der Waals surface area contributed by atoms with Crippen LogP contribution in [-0.2, 0) is 22.8 Å². The van der Waals surface area contributed by atoms with Crippen LogP contribution in [0.15, 0.2) is 63.2 Å². The van der Waals surface area contributed by atoms with Crippen LogP contribution in [0, 0.1) is 0 Å². The van der Waals surface area contributed by atoms with E-state index in [4.69, 9.17) is 4.74 Å². The van der Waals surface area contributed by atoms with Gasteiger partial charge in [0.05, 0.1) is 17.0 Å². The zero-order valence-electron chi connectivity index (χ0n) is 15.7. The minimum atomic E-state index is -3.93. The van der Waals surface area contributed by atoms with Crippen molar-refractivity contribution < 1.29 is 13.2 Å². The maximum Gasteiger partial charge on any atom is 0.211 e. The van der Waals surface area contributed by atoms with Gasteiger partial charge in [0.2, 0.25) is 15.3 Å². The molecule has 0 aliphatic carbocycles. The number of sulfone groups is 1. The van der Waals surface area contributed by atoms with E-state index >= 15 is 0 Å². The van der Waals surface area contributed by atoms with Crippen LogP contribution in [0.4, 0.5) is 0 Å². The molecular formula is C21H23NO4S. The Bertz CT molecular complexity index is 1130. The summed E-state index contributed by atoms with van der Waals surface area (Å²) in [5.74, 6) is 0.591. The van der Waals surface area contributed by atoms with Crippen molar-refractivity contribution in [1.82, 2.24) is 4.57 Å². The van der Waals surface area contributed by atoms with Crippen LogP contribution >= 0.6 is 0 Å². The molecule has 0 atom stereocenters. The van der Waals surface area contributed by atoms with Gasteiger partial charge in [-0.2, -0.15) is 0 Å². The minimum absolute atomic E-state index is 0.0803. The van der Waals surface area contributed by atoms with Crippen LogP contribution < -0.4 is 10.2 Å². The Kier molecular flexibility index (Phi) is 5.37. The second-order valence-electron chi connectivity index (χ2n) is 6.22. The molecule has 1 heterocycles. The highest BCUT2D eigenvalue weighted by Gasteiger charge is 2.23. The summed E-state index contributed by atoms with van der Waals surface area (Å²) < 4.78 is 33.4. The molecule has 3 rings (SSSR count). The molecule has 27 heavy (non-hydrogen) atoms. The fourth-order valence-corrected chi connectivity index (χ4v) is 4.47. The molecule has 0 aliphatic heterocycles. The lowest BCUT2D eigenvalue weighted by Crippen LogP contribution is -2.19. The maximum absolute atomic E-state index is 13.1. The van der Waals surface area contributed by atoms with E-state index in [1.165, 1.54) is 18.3 Å². The van der Waals surface area contributed by atoms with Gasteiger partial charge in [-0.15, -0.1) is 0 Å². The number of rotatable bonds is 6. The van der Waals surface area contributed by atoms with E-state index < -0.39 is 15.3 Å². The number of hydrogen-bond donors (Lipinski definition) is 0. The SMILES string of the molecule is CCOc1ccc(S(=O)(=O)c2cn(CC)c3ccc(CC)cc3c2=O)cc1. The summed E-state index contributed by atoms with van der Waals surface area (Å²) in [5.41, 5.74) is 1.28. The lowest BCUT2D eigenvalue weighted by molar-refractivity contribution is 0.340. The molecule has 0 bridgehead atoms. The number of hydrogen-bond acceptors (Lipinski definition) is 4. The number of aromatic nitrogens is 1. The van der Waals surface area contributed by atoms with Gasteiger partial charge in [0, 0.05) is 18.1 Å². The summed E-state index contributed by atoms with van der Waals surface area (Å²) in [6.45, 7) is 6.84. The zero-order valence-corrected chi connectivity index (χ0v) is 16.5. The van der Waals surface area contributed by atoms with E-state index in [9.17, 15) is 13.2 Å². The number of benzene rings is 2. The molecule has 0 saturated carbocycles. The summed E-state index contributed by atoms with van der Waals surface area (Å²) in [6, 6.07) is 11.8. The lowest BCUT2D eigenvalue weighted by atomic mass is 10.1. The molecule has 1 aromatic heterocycles. The molecule has 0 spiro atoms. The van der Waals surface area contributed by atoms with Crippen molar-refractivity contribution in [2.45, 2.75) is 43.5 Å². The fourth-order valence-electron chi connectivity index (χ4n) is 3.10. The topological polar surface area (TPSA) is 65.4 Å². The average Bonchev–Trinajstić information content (AvgIpc) is 2.68. The molecular weight excluding hydrogens is 362 g/mol. The minimum Gasteiger partial charge on any atom is -0.494 e. The van der Waals surface area contributed by atoms with Crippen LogP contribution in [-0.4, -0.2) is 19.6 Å². The third kappa shape index (κ3) is 3.49. The van der Waals surface area contributed by atoms with Gasteiger partial charge in [0.15, 0.2) is 0 Å². The van der Waals surface area contributed by atoms with E-state index in [-0.39, 0.29) is 9.79 Å². The van der Waals surface area contributed by atoms with Crippen LogP contribution in [0.5, 0.6) is 5.75 Å². The first-order chi connectivity index (χ1) is 12.9. The molecule has 5 nitrogen and oxygen atoms in total. The van der Waals surface area contributed by atoms with E-state index in [1.807, 2.05) is 32.9 Å². The maximum atomic E-state index is 13.1. The number of ether oxygens (including phenoxy) is 1. The molecule has 0 saturated heterocycles. The molecule has 0 N–H and O–H groups in total. The Labute approximate surface area is 159 Å². The Morgan fingerprint density at radius 3 is 2.30 bits per heavy atom. The van der Waals surface area contributed by atoms with Crippen molar-refractivity contribution in [3.8, 4) is 5.75 Å². The van der Waals surface area contributed by atoms with Crippen LogP contribution in [0.1, 0.15) is 26.3 Å². The predicted octanol–water partition coefficient (Wildman–Crippen LogP) is 3.82. The Hall–Kier alpha value is -2.60. The Morgan fingerprint density at radius 2 is 1.70 bits per heavy atom. The van der Waals surface area contributed by atoms with Crippen molar-refractivity contribution in [3.05, 3.63) is 64.4 Å². The standard InChI is InChI=1S/C21H23NO4S/c1-4-15-7-12-19-18(13-15)21(23)20(14-22(19)5-2)27(24,25)17-10-8-16(9-11-17)26-6-3/h7-14H,4-6H2,1-3H3. The first-order valence-electron chi connectivity index (χ1n) is 9.06. The number of pyridine rings is 1. The predicted molar refractivity (Wildman–Crippen MR) is 106 cm³/mol. The summed E-state index contributed by atoms with van der Waals surface area (Å²) in [7, 11) is -3.93. The van der Waals surface area contributed by atoms with Gasteiger partial charge >= 0.3 is 0 Å². The van der Waals surface area contributed by atoms with Crippen molar-refractivity contribution in [2.24, 2.45) is 0 Å². The summed E-state index contributed by atoms with van der Waals surface area (Å²) in [5, 5.41) is 0.434. The number of fused-ring (bicyclic) bond motifs is 1. The van der Waals surface area contributed by atoms with E-state index in [0.717, 1.165) is 17.5 Å². The molecule has 0 amide bonds. The van der Waals surface area contributed by atoms with Crippen molar-refractivity contribution in [3.63, 3.8) is 0 Å². The largest absolute Gasteiger partial charge is 0.494 e. The molecule has 3 aromatic rings. The van der Waals surface area contributed by atoms with Gasteiger partial charge in [-0.05, 0) is 62.2 Å². The second-order valence-corrected chi connectivity index (χ2v) is 8.14. The highest BCUT2D eigenvalue weighted by atomic mass is 32.2. The van der Waals surface area contributed by atoms with E-state index in [0.29, 0.717) is 24.3 Å². The molecule has 0 aliphatic rings. The zero-order chi connectivity index (χ0) is 19.6. The van der Waals surface area contributed by atoms with Crippen LogP contribution in [0.2, 0.25) is 0 Å². The van der Waals surface area contributed by atoms with E-state index in [1.54, 1.807) is 22.8 Å². The van der Waals surface area contributed by atoms with Gasteiger partial charge in [0.25, 0.3) is 0 Å². The summed E-state index contributed by atoms with van der Waals surface area (Å²) >= 11 is 0. The smallest absolute Gasteiger partial charge is 0.211 e. The third-order valence-corrected chi connectivity index (χ3v) is 6.36. The first-order valence-corrected chi connectivity index (χ1v) is 10.5. The highest BCUT2D eigenvalue weighted by Crippen LogP contribution is 2.24. The normalized spacial score (nSPS) is 11.7. The van der Waals surface area contributed by atoms with Crippen molar-refractivity contribution in [2.75, 3.05) is 6.61 Å². The highest BCUT2D eigenvalue weighted by molar-refractivity contribution is 7.91. The molecule has 0 unspecified atom stereocenters. The van der Waals surface area contributed by atoms with Gasteiger partial charge in [-0.3, -0.25) is 4.79 Å².